The summed E-state index contributed by atoms with van der Waals surface area (Å²) in [4.78, 5) is 27.2. The molecule has 0 amide bonds. The minimum Gasteiger partial charge on any atom is -0.512 e. The lowest BCUT2D eigenvalue weighted by molar-refractivity contribution is -0.194. The van der Waals surface area contributed by atoms with Crippen LogP contribution in [-0.4, -0.2) is 62.3 Å². The summed E-state index contributed by atoms with van der Waals surface area (Å²) in [6.45, 7) is 9.96. The summed E-state index contributed by atoms with van der Waals surface area (Å²) >= 11 is 0. The summed E-state index contributed by atoms with van der Waals surface area (Å²) in [5.74, 6) is -2.26. The Kier molecular flexibility index (Phi) is 6.76. The number of aliphatic hydroxyl groups is 4. The number of esters is 1. The molecule has 8 heteroatoms. The van der Waals surface area contributed by atoms with Gasteiger partial charge < -0.3 is 30.6 Å². The van der Waals surface area contributed by atoms with Crippen molar-refractivity contribution < 1.29 is 34.8 Å². The third-order valence-corrected chi connectivity index (χ3v) is 8.55. The highest BCUT2D eigenvalue weighted by atomic mass is 16.6. The predicted molar refractivity (Wildman–Crippen MR) is 126 cm³/mol. The Morgan fingerprint density at radius 2 is 1.94 bits per heavy atom. The van der Waals surface area contributed by atoms with E-state index in [-0.39, 0.29) is 41.4 Å². The Morgan fingerprint density at radius 1 is 1.32 bits per heavy atom. The number of carbonyl (C=O) groups is 2. The number of hydrogen-bond acceptors (Lipinski definition) is 8. The van der Waals surface area contributed by atoms with Crippen LogP contribution in [0.1, 0.15) is 60.8 Å². The highest BCUT2D eigenvalue weighted by Gasteiger charge is 2.71. The van der Waals surface area contributed by atoms with Crippen LogP contribution in [0, 0.1) is 28.1 Å². The second-order valence-corrected chi connectivity index (χ2v) is 10.7. The van der Waals surface area contributed by atoms with Crippen molar-refractivity contribution >= 4 is 17.5 Å². The van der Waals surface area contributed by atoms with Gasteiger partial charge in [0.1, 0.15) is 17.4 Å². The van der Waals surface area contributed by atoms with Crippen LogP contribution in [0.5, 0.6) is 0 Å². The Morgan fingerprint density at radius 3 is 2.47 bits per heavy atom. The molecule has 0 aromatic rings. The standard InChI is InChI=1S/C26H37NO7/c1-7-18(27)19(15(4)29)23(32)34-22-13(2)11-25-9-8-14(3)24(5,6)17(21(25)31)10-16(12-28)20(30)26(22,25)33/h10-11,14,17,20,22,27-30,33H,7-9,12H2,1-6H3/b19-15+,27-18?. The van der Waals surface area contributed by atoms with Crippen LogP contribution in [0.25, 0.3) is 0 Å². The molecule has 0 aromatic carbocycles. The summed E-state index contributed by atoms with van der Waals surface area (Å²) in [6.07, 6.45) is 1.11. The van der Waals surface area contributed by atoms with Gasteiger partial charge in [-0.25, -0.2) is 4.79 Å². The fourth-order valence-corrected chi connectivity index (χ4v) is 5.98. The fourth-order valence-electron chi connectivity index (χ4n) is 5.98. The van der Waals surface area contributed by atoms with Crippen LogP contribution in [0.2, 0.25) is 0 Å². The van der Waals surface area contributed by atoms with Gasteiger partial charge in [-0.3, -0.25) is 4.79 Å². The van der Waals surface area contributed by atoms with Gasteiger partial charge >= 0.3 is 5.97 Å². The molecule has 34 heavy (non-hydrogen) atoms. The van der Waals surface area contributed by atoms with Crippen LogP contribution in [0.3, 0.4) is 0 Å². The number of allylic oxidation sites excluding steroid dienone is 2. The van der Waals surface area contributed by atoms with Crippen LogP contribution in [0.4, 0.5) is 0 Å². The fraction of sp³-hybridized carbons (Fsp3) is 0.654. The van der Waals surface area contributed by atoms with E-state index < -0.39 is 52.9 Å². The zero-order chi connectivity index (χ0) is 25.8. The van der Waals surface area contributed by atoms with Crippen LogP contribution in [-0.2, 0) is 14.3 Å². The van der Waals surface area contributed by atoms with Crippen LogP contribution >= 0.6 is 0 Å². The maximum atomic E-state index is 14.1. The number of nitrogens with one attached hydrogen (secondary N) is 1. The molecule has 6 atom stereocenters. The average Bonchev–Trinajstić information content (AvgIpc) is 2.91. The Balaban J connectivity index is 2.20. The van der Waals surface area contributed by atoms with E-state index in [1.165, 1.54) is 6.92 Å². The average molecular weight is 476 g/mol. The molecule has 0 aromatic heterocycles. The molecule has 3 aliphatic rings. The number of carbonyl (C=O) groups excluding carboxylic acids is 2. The minimum atomic E-state index is -2.25. The van der Waals surface area contributed by atoms with E-state index in [2.05, 4.69) is 0 Å². The predicted octanol–water partition coefficient (Wildman–Crippen LogP) is 2.77. The quantitative estimate of drug-likeness (QED) is 0.135. The molecule has 1 saturated carbocycles. The van der Waals surface area contributed by atoms with Crippen LogP contribution in [0.15, 0.2) is 34.6 Å². The van der Waals surface area contributed by atoms with Crippen LogP contribution < -0.4 is 0 Å². The molecule has 0 saturated heterocycles. The highest BCUT2D eigenvalue weighted by Crippen LogP contribution is 2.60. The number of Topliss-reactive ketones (excluding diaryl/α,β-unsaturated/α-hetero) is 1. The lowest BCUT2D eigenvalue weighted by Gasteiger charge is -2.45. The zero-order valence-corrected chi connectivity index (χ0v) is 20.8. The molecule has 8 nitrogen and oxygen atoms in total. The van der Waals surface area contributed by atoms with Gasteiger partial charge in [0.25, 0.3) is 0 Å². The van der Waals surface area contributed by atoms with Crippen molar-refractivity contribution in [1.29, 1.82) is 5.41 Å². The maximum Gasteiger partial charge on any atom is 0.344 e. The number of rotatable bonds is 5. The molecule has 5 N–H and O–H groups in total. The summed E-state index contributed by atoms with van der Waals surface area (Å²) < 4.78 is 5.68. The molecule has 1 spiro atoms. The molecule has 3 rings (SSSR count). The molecule has 0 aliphatic heterocycles. The van der Waals surface area contributed by atoms with Crippen molar-refractivity contribution in [2.75, 3.05) is 6.61 Å². The monoisotopic (exact) mass is 475 g/mol. The van der Waals surface area contributed by atoms with Gasteiger partial charge in [0, 0.05) is 11.6 Å². The number of ether oxygens (including phenoxy) is 1. The summed E-state index contributed by atoms with van der Waals surface area (Å²) in [6, 6.07) is 0. The Labute approximate surface area is 200 Å². The smallest absolute Gasteiger partial charge is 0.344 e. The van der Waals surface area contributed by atoms with Crippen molar-refractivity contribution in [1.82, 2.24) is 0 Å². The lowest BCUT2D eigenvalue weighted by Crippen LogP contribution is -2.64. The first-order valence-corrected chi connectivity index (χ1v) is 11.8. The van der Waals surface area contributed by atoms with Gasteiger partial charge in [0.2, 0.25) is 0 Å². The van der Waals surface area contributed by atoms with E-state index >= 15 is 0 Å². The SMILES string of the molecule is CCC(=N)/C(C(=O)OC1C(C)=CC23CCC(C)C(C)(C)C(C=C(CO)C(O)C12O)C3=O)=C(/C)O. The number of hydrogen-bond donors (Lipinski definition) is 5. The molecule has 0 heterocycles. The minimum absolute atomic E-state index is 0.100. The van der Waals surface area contributed by atoms with Crippen molar-refractivity contribution in [2.45, 2.75) is 78.6 Å². The van der Waals surface area contributed by atoms with E-state index in [1.54, 1.807) is 26.0 Å². The normalized spacial score (nSPS) is 37.5. The van der Waals surface area contributed by atoms with Crippen molar-refractivity contribution in [3.05, 3.63) is 34.6 Å². The topological polar surface area (TPSA) is 148 Å². The lowest BCUT2D eigenvalue weighted by atomic mass is 9.63. The molecular formula is C26H37NO7. The molecule has 3 aliphatic carbocycles. The number of ketones is 1. The third-order valence-electron chi connectivity index (χ3n) is 8.55. The first kappa shape index (κ1) is 26.3. The van der Waals surface area contributed by atoms with Gasteiger partial charge in [-0.2, -0.15) is 0 Å². The van der Waals surface area contributed by atoms with Gasteiger partial charge in [-0.05, 0) is 55.6 Å². The van der Waals surface area contributed by atoms with Crippen molar-refractivity contribution in [2.24, 2.45) is 22.7 Å². The first-order chi connectivity index (χ1) is 15.7. The molecule has 0 radical (unpaired) electrons. The summed E-state index contributed by atoms with van der Waals surface area (Å²) in [7, 11) is 0. The van der Waals surface area contributed by atoms with E-state index in [9.17, 15) is 30.0 Å². The molecule has 2 bridgehead atoms. The molecule has 6 unspecified atom stereocenters. The van der Waals surface area contributed by atoms with E-state index in [0.29, 0.717) is 12.0 Å². The second kappa shape index (κ2) is 8.73. The van der Waals surface area contributed by atoms with Gasteiger partial charge in [0.15, 0.2) is 17.5 Å². The largest absolute Gasteiger partial charge is 0.512 e. The number of aliphatic hydroxyl groups excluding tert-OH is 3. The highest BCUT2D eigenvalue weighted by molar-refractivity contribution is 6.18. The van der Waals surface area contributed by atoms with E-state index in [0.717, 1.165) is 0 Å². The van der Waals surface area contributed by atoms with E-state index in [4.69, 9.17) is 10.1 Å². The summed E-state index contributed by atoms with van der Waals surface area (Å²) in [5.41, 5.74) is -4.24. The third kappa shape index (κ3) is 3.49. The van der Waals surface area contributed by atoms with Gasteiger partial charge in [0.05, 0.1) is 12.0 Å². The Hall–Kier alpha value is -2.29. The van der Waals surface area contributed by atoms with Crippen molar-refractivity contribution in [3.63, 3.8) is 0 Å². The Bertz CT molecular complexity index is 1000. The number of fused-ring (bicyclic) bond motifs is 1. The molecule has 1 fully saturated rings. The molecular weight excluding hydrogens is 438 g/mol. The maximum absolute atomic E-state index is 14.1. The first-order valence-electron chi connectivity index (χ1n) is 11.8. The molecule has 188 valence electrons. The van der Waals surface area contributed by atoms with Crippen molar-refractivity contribution in [3.8, 4) is 0 Å². The second-order valence-electron chi connectivity index (χ2n) is 10.7. The van der Waals surface area contributed by atoms with Gasteiger partial charge in [-0.1, -0.05) is 39.8 Å². The zero-order valence-electron chi connectivity index (χ0n) is 20.8. The summed E-state index contributed by atoms with van der Waals surface area (Å²) in [5, 5.41) is 51.8. The van der Waals surface area contributed by atoms with Gasteiger partial charge in [-0.15, -0.1) is 0 Å². The van der Waals surface area contributed by atoms with E-state index in [1.807, 2.05) is 20.8 Å².